The molecular formula is C16H18FNO4. The molecule has 1 N–H and O–H groups in total. The average Bonchev–Trinajstić information content (AvgIpc) is 2.86. The molecule has 0 saturated carbocycles. The van der Waals surface area contributed by atoms with Crippen LogP contribution in [0.2, 0.25) is 0 Å². The van der Waals surface area contributed by atoms with Gasteiger partial charge in [0.25, 0.3) is 5.91 Å². The molecule has 2 heterocycles. The van der Waals surface area contributed by atoms with Crippen LogP contribution in [0.15, 0.2) is 18.2 Å². The number of benzene rings is 1. The van der Waals surface area contributed by atoms with Crippen LogP contribution >= 0.6 is 0 Å². The van der Waals surface area contributed by atoms with E-state index in [1.54, 1.807) is 13.0 Å². The lowest BCUT2D eigenvalue weighted by atomic mass is 9.74. The zero-order valence-corrected chi connectivity index (χ0v) is 12.3. The lowest BCUT2D eigenvalue weighted by Gasteiger charge is -2.33. The van der Waals surface area contributed by atoms with Crippen molar-refractivity contribution in [3.05, 3.63) is 35.1 Å². The number of carbonyl (C=O) groups is 2. The van der Waals surface area contributed by atoms with Crippen LogP contribution in [-0.4, -0.2) is 48.2 Å². The minimum absolute atomic E-state index is 0.157. The van der Waals surface area contributed by atoms with Crippen LogP contribution in [0.1, 0.15) is 22.3 Å². The molecular weight excluding hydrogens is 289 g/mol. The van der Waals surface area contributed by atoms with Crippen LogP contribution in [0.5, 0.6) is 0 Å². The van der Waals surface area contributed by atoms with E-state index >= 15 is 0 Å². The Balaban J connectivity index is 1.87. The van der Waals surface area contributed by atoms with Crippen molar-refractivity contribution in [1.29, 1.82) is 0 Å². The van der Waals surface area contributed by atoms with Gasteiger partial charge >= 0.3 is 5.97 Å². The normalized spacial score (nSPS) is 27.5. The number of ether oxygens (including phenoxy) is 1. The standard InChI is InChI=1S/C16H18FNO4/c1-10-4-11(6-13(17)5-10)14(19)18-7-12-8-22-3-2-16(12,9-18)15(20)21/h4-6,12H,2-3,7-9H2,1H3,(H,20,21)/t12-,16+/m0/s1. The first-order chi connectivity index (χ1) is 10.4. The lowest BCUT2D eigenvalue weighted by molar-refractivity contribution is -0.157. The zero-order chi connectivity index (χ0) is 15.9. The molecule has 118 valence electrons. The second-order valence-corrected chi connectivity index (χ2v) is 6.19. The summed E-state index contributed by atoms with van der Waals surface area (Å²) >= 11 is 0. The molecule has 0 radical (unpaired) electrons. The molecule has 6 heteroatoms. The molecule has 1 amide bonds. The number of carbonyl (C=O) groups excluding carboxylic acids is 1. The van der Waals surface area contributed by atoms with Gasteiger partial charge in [0.05, 0.1) is 12.0 Å². The monoisotopic (exact) mass is 307 g/mol. The maximum absolute atomic E-state index is 13.5. The SMILES string of the molecule is Cc1cc(F)cc(C(=O)N2C[C@H]3COCC[C@@]3(C(=O)O)C2)c1. The second kappa shape index (κ2) is 5.35. The van der Waals surface area contributed by atoms with Crippen molar-refractivity contribution >= 4 is 11.9 Å². The molecule has 22 heavy (non-hydrogen) atoms. The Hall–Kier alpha value is -1.95. The Kier molecular flexibility index (Phi) is 3.64. The molecule has 2 atom stereocenters. The number of halogens is 1. The highest BCUT2D eigenvalue weighted by molar-refractivity contribution is 5.95. The Labute approximate surface area is 127 Å². The van der Waals surface area contributed by atoms with Gasteiger partial charge < -0.3 is 14.7 Å². The molecule has 0 spiro atoms. The summed E-state index contributed by atoms with van der Waals surface area (Å²) in [5.41, 5.74) is -0.00939. The fourth-order valence-electron chi connectivity index (χ4n) is 3.50. The largest absolute Gasteiger partial charge is 0.481 e. The van der Waals surface area contributed by atoms with Crippen LogP contribution < -0.4 is 0 Å². The van der Waals surface area contributed by atoms with Crippen LogP contribution in [0.3, 0.4) is 0 Å². The number of aryl methyl sites for hydroxylation is 1. The van der Waals surface area contributed by atoms with Crippen LogP contribution in [0.4, 0.5) is 4.39 Å². The van der Waals surface area contributed by atoms with Crippen molar-refractivity contribution in [3.63, 3.8) is 0 Å². The van der Waals surface area contributed by atoms with E-state index in [2.05, 4.69) is 0 Å². The van der Waals surface area contributed by atoms with E-state index in [4.69, 9.17) is 4.74 Å². The Morgan fingerprint density at radius 2 is 2.18 bits per heavy atom. The highest BCUT2D eigenvalue weighted by Gasteiger charge is 2.54. The third-order valence-corrected chi connectivity index (χ3v) is 4.71. The highest BCUT2D eigenvalue weighted by Crippen LogP contribution is 2.42. The summed E-state index contributed by atoms with van der Waals surface area (Å²) < 4.78 is 18.9. The Morgan fingerprint density at radius 1 is 1.41 bits per heavy atom. The third kappa shape index (κ3) is 2.37. The number of fused-ring (bicyclic) bond motifs is 1. The maximum Gasteiger partial charge on any atom is 0.311 e. The van der Waals surface area contributed by atoms with Gasteiger partial charge in [-0.1, -0.05) is 0 Å². The summed E-state index contributed by atoms with van der Waals surface area (Å²) in [6.45, 7) is 2.95. The van der Waals surface area contributed by atoms with Gasteiger partial charge in [0.15, 0.2) is 0 Å². The molecule has 1 aromatic rings. The van der Waals surface area contributed by atoms with Gasteiger partial charge in [-0.25, -0.2) is 4.39 Å². The predicted molar refractivity (Wildman–Crippen MR) is 76.0 cm³/mol. The predicted octanol–water partition coefficient (Wildman–Crippen LogP) is 1.70. The number of aliphatic carboxylic acids is 1. The van der Waals surface area contributed by atoms with Gasteiger partial charge in [-0.2, -0.15) is 0 Å². The average molecular weight is 307 g/mol. The molecule has 3 rings (SSSR count). The van der Waals surface area contributed by atoms with E-state index < -0.39 is 17.2 Å². The van der Waals surface area contributed by atoms with Gasteiger partial charge in [0, 0.05) is 31.2 Å². The van der Waals surface area contributed by atoms with Crippen molar-refractivity contribution in [1.82, 2.24) is 4.90 Å². The number of hydrogen-bond donors (Lipinski definition) is 1. The Morgan fingerprint density at radius 3 is 2.82 bits per heavy atom. The smallest absolute Gasteiger partial charge is 0.311 e. The third-order valence-electron chi connectivity index (χ3n) is 4.71. The molecule has 2 fully saturated rings. The van der Waals surface area contributed by atoms with E-state index in [0.717, 1.165) is 0 Å². The fourth-order valence-corrected chi connectivity index (χ4v) is 3.50. The van der Waals surface area contributed by atoms with E-state index in [0.29, 0.717) is 31.7 Å². The highest BCUT2D eigenvalue weighted by atomic mass is 19.1. The molecule has 0 unspecified atom stereocenters. The number of carboxylic acid groups (broad SMARTS) is 1. The number of carboxylic acids is 1. The first kappa shape index (κ1) is 15.0. The first-order valence-corrected chi connectivity index (χ1v) is 7.30. The minimum atomic E-state index is -0.934. The molecule has 5 nitrogen and oxygen atoms in total. The Bertz CT molecular complexity index is 612. The van der Waals surface area contributed by atoms with Crippen molar-refractivity contribution in [2.24, 2.45) is 11.3 Å². The molecule has 2 aliphatic rings. The van der Waals surface area contributed by atoms with E-state index in [1.807, 2.05) is 0 Å². The molecule has 0 bridgehead atoms. The fraction of sp³-hybridized carbons (Fsp3) is 0.500. The molecule has 1 aromatic carbocycles. The van der Waals surface area contributed by atoms with Crippen LogP contribution in [0.25, 0.3) is 0 Å². The summed E-state index contributed by atoms with van der Waals surface area (Å²) in [6.07, 6.45) is 0.402. The maximum atomic E-state index is 13.5. The van der Waals surface area contributed by atoms with Gasteiger partial charge in [0.2, 0.25) is 0 Å². The molecule has 0 aliphatic carbocycles. The molecule has 0 aromatic heterocycles. The van der Waals surface area contributed by atoms with Crippen molar-refractivity contribution < 1.29 is 23.8 Å². The van der Waals surface area contributed by atoms with E-state index in [1.165, 1.54) is 17.0 Å². The summed E-state index contributed by atoms with van der Waals surface area (Å²) in [6, 6.07) is 4.17. The number of rotatable bonds is 2. The molecule has 2 aliphatic heterocycles. The molecule has 2 saturated heterocycles. The second-order valence-electron chi connectivity index (χ2n) is 6.19. The first-order valence-electron chi connectivity index (χ1n) is 7.30. The minimum Gasteiger partial charge on any atom is -0.481 e. The van der Waals surface area contributed by atoms with Crippen LogP contribution in [-0.2, 0) is 9.53 Å². The van der Waals surface area contributed by atoms with Crippen molar-refractivity contribution in [2.45, 2.75) is 13.3 Å². The van der Waals surface area contributed by atoms with Gasteiger partial charge in [-0.05, 0) is 37.1 Å². The van der Waals surface area contributed by atoms with Gasteiger partial charge in [-0.15, -0.1) is 0 Å². The number of nitrogens with zero attached hydrogens (tertiary/aromatic N) is 1. The van der Waals surface area contributed by atoms with Gasteiger partial charge in [-0.3, -0.25) is 9.59 Å². The van der Waals surface area contributed by atoms with E-state index in [9.17, 15) is 19.1 Å². The topological polar surface area (TPSA) is 66.8 Å². The van der Waals surface area contributed by atoms with Crippen molar-refractivity contribution in [2.75, 3.05) is 26.3 Å². The summed E-state index contributed by atoms with van der Waals surface area (Å²) in [4.78, 5) is 25.8. The number of likely N-dealkylation sites (tertiary alicyclic amines) is 1. The summed E-state index contributed by atoms with van der Waals surface area (Å²) in [5, 5.41) is 9.60. The quantitative estimate of drug-likeness (QED) is 0.903. The van der Waals surface area contributed by atoms with E-state index in [-0.39, 0.29) is 23.9 Å². The summed E-state index contributed by atoms with van der Waals surface area (Å²) in [5.74, 6) is -1.88. The van der Waals surface area contributed by atoms with Crippen LogP contribution in [0, 0.1) is 24.1 Å². The zero-order valence-electron chi connectivity index (χ0n) is 12.3. The van der Waals surface area contributed by atoms with Crippen molar-refractivity contribution in [3.8, 4) is 0 Å². The van der Waals surface area contributed by atoms with Gasteiger partial charge in [0.1, 0.15) is 5.82 Å². The summed E-state index contributed by atoms with van der Waals surface area (Å²) in [7, 11) is 0. The number of hydrogen-bond acceptors (Lipinski definition) is 3. The lowest BCUT2D eigenvalue weighted by Crippen LogP contribution is -2.45. The number of amides is 1.